The van der Waals surface area contributed by atoms with E-state index in [0.29, 0.717) is 24.1 Å². The molecule has 1 aromatic heterocycles. The van der Waals surface area contributed by atoms with Crippen LogP contribution in [0.5, 0.6) is 0 Å². The van der Waals surface area contributed by atoms with Crippen LogP contribution < -0.4 is 5.32 Å². The summed E-state index contributed by atoms with van der Waals surface area (Å²) in [5, 5.41) is 25.8. The Morgan fingerprint density at radius 3 is 2.80 bits per heavy atom. The van der Waals surface area contributed by atoms with Crippen molar-refractivity contribution in [1.29, 1.82) is 0 Å². The van der Waals surface area contributed by atoms with Crippen LogP contribution in [0.2, 0.25) is 0 Å². The van der Waals surface area contributed by atoms with E-state index in [2.05, 4.69) is 10.4 Å². The number of aliphatic hydroxyl groups is 1. The molecular formula is C14H23N3O3. The molecule has 20 heavy (non-hydrogen) atoms. The van der Waals surface area contributed by atoms with Crippen LogP contribution in [0.15, 0.2) is 6.20 Å². The van der Waals surface area contributed by atoms with Crippen molar-refractivity contribution in [3.8, 4) is 0 Å². The number of nitrogens with one attached hydrogen (secondary N) is 1. The van der Waals surface area contributed by atoms with E-state index in [1.165, 1.54) is 19.0 Å². The van der Waals surface area contributed by atoms with Crippen molar-refractivity contribution in [1.82, 2.24) is 15.1 Å². The molecule has 0 aromatic carbocycles. The first-order chi connectivity index (χ1) is 9.63. The van der Waals surface area contributed by atoms with Crippen LogP contribution in [0.1, 0.15) is 41.7 Å². The highest BCUT2D eigenvalue weighted by molar-refractivity contribution is 5.88. The molecule has 6 heteroatoms. The number of hydrogen-bond acceptors (Lipinski definition) is 4. The Morgan fingerprint density at radius 1 is 1.45 bits per heavy atom. The van der Waals surface area contributed by atoms with E-state index in [0.717, 1.165) is 19.4 Å². The Kier molecular flexibility index (Phi) is 5.14. The minimum atomic E-state index is -0.944. The molecule has 0 radical (unpaired) electrons. The van der Waals surface area contributed by atoms with Crippen molar-refractivity contribution in [2.24, 2.45) is 18.9 Å². The van der Waals surface area contributed by atoms with Crippen LogP contribution in [-0.2, 0) is 13.6 Å². The summed E-state index contributed by atoms with van der Waals surface area (Å²) in [7, 11) is 1.75. The van der Waals surface area contributed by atoms with E-state index >= 15 is 0 Å². The topological polar surface area (TPSA) is 87.4 Å². The number of carboxylic acid groups (broad SMARTS) is 1. The second kappa shape index (κ2) is 6.85. The third kappa shape index (κ3) is 3.37. The highest BCUT2D eigenvalue weighted by atomic mass is 16.4. The number of carbonyl (C=O) groups is 1. The SMILES string of the molecule is Cn1ncc(C(=O)O)c1CNCC1CCCCC1CO. The van der Waals surface area contributed by atoms with Gasteiger partial charge in [0.15, 0.2) is 0 Å². The molecule has 1 aliphatic carbocycles. The third-order valence-corrected chi connectivity index (χ3v) is 4.29. The molecule has 1 aliphatic rings. The molecule has 1 fully saturated rings. The van der Waals surface area contributed by atoms with Crippen LogP contribution in [0.4, 0.5) is 0 Å². The van der Waals surface area contributed by atoms with Gasteiger partial charge in [-0.2, -0.15) is 5.10 Å². The Hall–Kier alpha value is -1.40. The van der Waals surface area contributed by atoms with Gasteiger partial charge in [-0.15, -0.1) is 0 Å². The average molecular weight is 281 g/mol. The van der Waals surface area contributed by atoms with E-state index in [1.54, 1.807) is 11.7 Å². The van der Waals surface area contributed by atoms with Gasteiger partial charge in [0.05, 0.1) is 11.9 Å². The maximum Gasteiger partial charge on any atom is 0.339 e. The highest BCUT2D eigenvalue weighted by Gasteiger charge is 2.24. The van der Waals surface area contributed by atoms with Gasteiger partial charge >= 0.3 is 5.97 Å². The zero-order chi connectivity index (χ0) is 14.5. The van der Waals surface area contributed by atoms with Gasteiger partial charge < -0.3 is 15.5 Å². The summed E-state index contributed by atoms with van der Waals surface area (Å²) in [5.41, 5.74) is 0.941. The number of rotatable bonds is 6. The standard InChI is InChI=1S/C14H23N3O3/c1-17-13(12(7-16-17)14(19)20)8-15-6-10-4-2-3-5-11(10)9-18/h7,10-11,15,18H,2-6,8-9H2,1H3,(H,19,20). The molecule has 2 rings (SSSR count). The minimum absolute atomic E-state index is 0.248. The largest absolute Gasteiger partial charge is 0.478 e. The smallest absolute Gasteiger partial charge is 0.339 e. The summed E-state index contributed by atoms with van der Waals surface area (Å²) in [6.45, 7) is 1.56. The Morgan fingerprint density at radius 2 is 2.15 bits per heavy atom. The van der Waals surface area contributed by atoms with E-state index in [9.17, 15) is 9.90 Å². The number of aromatic nitrogens is 2. The van der Waals surface area contributed by atoms with E-state index in [1.807, 2.05) is 0 Å². The summed E-state index contributed by atoms with van der Waals surface area (Å²) in [4.78, 5) is 11.1. The Labute approximate surface area is 118 Å². The average Bonchev–Trinajstić information content (AvgIpc) is 2.81. The summed E-state index contributed by atoms with van der Waals surface area (Å²) >= 11 is 0. The first kappa shape index (κ1) is 15.0. The summed E-state index contributed by atoms with van der Waals surface area (Å²) < 4.78 is 1.60. The maximum atomic E-state index is 11.1. The first-order valence-corrected chi connectivity index (χ1v) is 7.19. The van der Waals surface area contributed by atoms with Crippen LogP contribution in [0, 0.1) is 11.8 Å². The fraction of sp³-hybridized carbons (Fsp3) is 0.714. The predicted octanol–water partition coefficient (Wildman–Crippen LogP) is 1.01. The number of aryl methyl sites for hydroxylation is 1. The van der Waals surface area contributed by atoms with Gasteiger partial charge in [-0.1, -0.05) is 12.8 Å². The lowest BCUT2D eigenvalue weighted by Gasteiger charge is -2.30. The van der Waals surface area contributed by atoms with Crippen molar-refractivity contribution in [3.63, 3.8) is 0 Å². The van der Waals surface area contributed by atoms with E-state index in [4.69, 9.17) is 5.11 Å². The molecule has 6 nitrogen and oxygen atoms in total. The third-order valence-electron chi connectivity index (χ3n) is 4.29. The van der Waals surface area contributed by atoms with Crippen molar-refractivity contribution in [2.45, 2.75) is 32.2 Å². The van der Waals surface area contributed by atoms with Gasteiger partial charge in [0.2, 0.25) is 0 Å². The second-order valence-electron chi connectivity index (χ2n) is 5.55. The summed E-state index contributed by atoms with van der Waals surface area (Å²) in [6, 6.07) is 0. The van der Waals surface area contributed by atoms with Crippen molar-refractivity contribution in [2.75, 3.05) is 13.2 Å². The number of aliphatic hydroxyl groups excluding tert-OH is 1. The van der Waals surface area contributed by atoms with Crippen molar-refractivity contribution in [3.05, 3.63) is 17.5 Å². The molecule has 1 aromatic rings. The molecule has 112 valence electrons. The number of aromatic carboxylic acids is 1. The molecule has 2 unspecified atom stereocenters. The van der Waals surface area contributed by atoms with Gasteiger partial charge in [-0.25, -0.2) is 4.79 Å². The maximum absolute atomic E-state index is 11.1. The first-order valence-electron chi connectivity index (χ1n) is 7.19. The fourth-order valence-corrected chi connectivity index (χ4v) is 3.02. The van der Waals surface area contributed by atoms with Crippen LogP contribution in [-0.4, -0.2) is 39.1 Å². The normalized spacial score (nSPS) is 22.9. The molecule has 0 aliphatic heterocycles. The van der Waals surface area contributed by atoms with Gasteiger partial charge in [0, 0.05) is 20.2 Å². The molecule has 0 spiro atoms. The van der Waals surface area contributed by atoms with Crippen LogP contribution in [0.25, 0.3) is 0 Å². The lowest BCUT2D eigenvalue weighted by molar-refractivity contribution is 0.0695. The highest BCUT2D eigenvalue weighted by Crippen LogP contribution is 2.29. The Balaban J connectivity index is 1.89. The predicted molar refractivity (Wildman–Crippen MR) is 74.4 cm³/mol. The molecule has 0 amide bonds. The molecule has 3 N–H and O–H groups in total. The summed E-state index contributed by atoms with van der Waals surface area (Å²) in [5.74, 6) is -0.0854. The molecule has 1 heterocycles. The van der Waals surface area contributed by atoms with Gasteiger partial charge in [-0.3, -0.25) is 4.68 Å². The quantitative estimate of drug-likeness (QED) is 0.724. The molecule has 0 bridgehead atoms. The van der Waals surface area contributed by atoms with Crippen molar-refractivity contribution < 1.29 is 15.0 Å². The molecule has 1 saturated carbocycles. The zero-order valence-corrected chi connectivity index (χ0v) is 11.9. The van der Waals surface area contributed by atoms with E-state index < -0.39 is 5.97 Å². The molecule has 2 atom stereocenters. The molecular weight excluding hydrogens is 258 g/mol. The molecule has 0 saturated heterocycles. The van der Waals surface area contributed by atoms with Gasteiger partial charge in [0.1, 0.15) is 5.56 Å². The second-order valence-corrected chi connectivity index (χ2v) is 5.55. The van der Waals surface area contributed by atoms with Crippen molar-refractivity contribution >= 4 is 5.97 Å². The zero-order valence-electron chi connectivity index (χ0n) is 11.9. The van der Waals surface area contributed by atoms with Gasteiger partial charge in [-0.05, 0) is 31.2 Å². The lowest BCUT2D eigenvalue weighted by atomic mass is 9.79. The number of hydrogen-bond donors (Lipinski definition) is 3. The van der Waals surface area contributed by atoms with Crippen LogP contribution >= 0.6 is 0 Å². The fourth-order valence-electron chi connectivity index (χ4n) is 3.02. The van der Waals surface area contributed by atoms with Crippen LogP contribution in [0.3, 0.4) is 0 Å². The minimum Gasteiger partial charge on any atom is -0.478 e. The lowest BCUT2D eigenvalue weighted by Crippen LogP contribution is -2.32. The summed E-state index contributed by atoms with van der Waals surface area (Å²) in [6.07, 6.45) is 6.03. The van der Waals surface area contributed by atoms with E-state index in [-0.39, 0.29) is 12.2 Å². The number of nitrogens with zero attached hydrogens (tertiary/aromatic N) is 2. The monoisotopic (exact) mass is 281 g/mol. The number of carboxylic acids is 1. The Bertz CT molecular complexity index is 459. The van der Waals surface area contributed by atoms with Gasteiger partial charge in [0.25, 0.3) is 0 Å².